The van der Waals surface area contributed by atoms with Gasteiger partial charge in [-0.2, -0.15) is 5.10 Å². The minimum atomic E-state index is -1.00. The van der Waals surface area contributed by atoms with Crippen molar-refractivity contribution in [2.45, 2.75) is 42.8 Å². The zero-order valence-electron chi connectivity index (χ0n) is 22.1. The maximum absolute atomic E-state index is 14.2. The largest absolute Gasteiger partial charge is 0.334 e. The van der Waals surface area contributed by atoms with E-state index in [1.165, 1.54) is 23.9 Å². The number of hydrazine groups is 1. The summed E-state index contributed by atoms with van der Waals surface area (Å²) in [5, 5.41) is 11.9. The summed E-state index contributed by atoms with van der Waals surface area (Å²) < 4.78 is 16.1. The maximum Gasteiger partial charge on any atom is 0.317 e. The van der Waals surface area contributed by atoms with Crippen LogP contribution >= 0.6 is 23.4 Å². The lowest BCUT2D eigenvalue weighted by Gasteiger charge is -2.29. The van der Waals surface area contributed by atoms with Gasteiger partial charge in [-0.1, -0.05) is 56.3 Å². The molecule has 1 unspecified atom stereocenters. The zero-order chi connectivity index (χ0) is 27.8. The van der Waals surface area contributed by atoms with Crippen molar-refractivity contribution in [3.8, 4) is 0 Å². The highest BCUT2D eigenvalue weighted by atomic mass is 35.5. The number of carbonyl (C=O) groups excluding carboxylic acids is 1. The first-order chi connectivity index (χ1) is 18.5. The van der Waals surface area contributed by atoms with Crippen LogP contribution in [-0.2, 0) is 19.3 Å². The molecule has 4 N–H and O–H groups in total. The third-order valence-electron chi connectivity index (χ3n) is 6.58. The van der Waals surface area contributed by atoms with E-state index < -0.39 is 11.7 Å². The van der Waals surface area contributed by atoms with Gasteiger partial charge in [-0.3, -0.25) is 4.68 Å². The molecule has 1 aliphatic rings. The molecule has 10 heteroatoms. The first kappa shape index (κ1) is 27.1. The number of allylic oxidation sites excluding steroid dienone is 1. The van der Waals surface area contributed by atoms with Gasteiger partial charge in [0, 0.05) is 44.9 Å². The molecular formula is C29H30ClFN6OS. The van der Waals surface area contributed by atoms with E-state index >= 15 is 0 Å². The Bertz CT molecular complexity index is 1560. The molecule has 1 aromatic heterocycles. The van der Waals surface area contributed by atoms with E-state index in [1.807, 2.05) is 54.3 Å². The first-order valence-electron chi connectivity index (χ1n) is 12.5. The molecular weight excluding hydrogens is 535 g/mol. The van der Waals surface area contributed by atoms with E-state index in [1.54, 1.807) is 18.2 Å². The lowest BCUT2D eigenvalue weighted by molar-refractivity contribution is 0.224. The van der Waals surface area contributed by atoms with Gasteiger partial charge in [-0.15, -0.1) is 0 Å². The highest BCUT2D eigenvalue weighted by Gasteiger charge is 2.39. The Morgan fingerprint density at radius 3 is 2.62 bits per heavy atom. The number of aryl methyl sites for hydroxylation is 1. The average Bonchev–Trinajstić information content (AvgIpc) is 3.49. The van der Waals surface area contributed by atoms with Gasteiger partial charge in [0.05, 0.1) is 11.7 Å². The number of amides is 2. The summed E-state index contributed by atoms with van der Waals surface area (Å²) in [4.78, 5) is 15.1. The molecule has 1 atom stereocenters. The van der Waals surface area contributed by atoms with Crippen LogP contribution < -0.4 is 21.5 Å². The van der Waals surface area contributed by atoms with Gasteiger partial charge in [0.25, 0.3) is 0 Å². The van der Waals surface area contributed by atoms with Gasteiger partial charge in [0.15, 0.2) is 5.66 Å². The number of fused-ring (bicyclic) bond motifs is 1. The molecule has 0 bridgehead atoms. The first-order valence-corrected chi connectivity index (χ1v) is 13.7. The highest BCUT2D eigenvalue weighted by molar-refractivity contribution is 7.99. The van der Waals surface area contributed by atoms with Gasteiger partial charge >= 0.3 is 6.03 Å². The van der Waals surface area contributed by atoms with Crippen LogP contribution in [0.3, 0.4) is 0 Å². The second-order valence-corrected chi connectivity index (χ2v) is 12.1. The van der Waals surface area contributed by atoms with Crippen molar-refractivity contribution in [2.24, 2.45) is 12.5 Å². The third kappa shape index (κ3) is 5.90. The van der Waals surface area contributed by atoms with Crippen LogP contribution in [0.4, 0.5) is 9.18 Å². The quantitative estimate of drug-likeness (QED) is 0.224. The third-order valence-corrected chi connectivity index (χ3v) is 7.94. The number of aromatic nitrogens is 2. The van der Waals surface area contributed by atoms with Crippen LogP contribution in [0.2, 0.25) is 5.02 Å². The van der Waals surface area contributed by atoms with Crippen molar-refractivity contribution in [3.63, 3.8) is 0 Å². The van der Waals surface area contributed by atoms with E-state index in [-0.39, 0.29) is 17.8 Å². The molecule has 0 aliphatic carbocycles. The maximum atomic E-state index is 14.2. The van der Waals surface area contributed by atoms with Crippen LogP contribution in [0.15, 0.2) is 88.4 Å². The molecule has 5 rings (SSSR count). The fourth-order valence-corrected chi connectivity index (χ4v) is 5.48. The Morgan fingerprint density at radius 1 is 1.13 bits per heavy atom. The number of carbonyl (C=O) groups is 1. The second kappa shape index (κ2) is 10.6. The molecule has 1 aliphatic heterocycles. The van der Waals surface area contributed by atoms with Crippen LogP contribution in [0, 0.1) is 11.2 Å². The fourth-order valence-electron chi connectivity index (χ4n) is 4.38. The number of rotatable bonds is 6. The topological polar surface area (TPSA) is 83.0 Å². The number of nitrogens with zero attached hydrogens (tertiary/aromatic N) is 2. The minimum absolute atomic E-state index is 0.140. The van der Waals surface area contributed by atoms with Crippen molar-refractivity contribution < 1.29 is 9.18 Å². The Balaban J connectivity index is 1.34. The molecule has 2 heterocycles. The number of hydrogen-bond acceptors (Lipinski definition) is 5. The molecule has 0 spiro atoms. The number of nitrogens with one attached hydrogen (secondary N) is 4. The summed E-state index contributed by atoms with van der Waals surface area (Å²) in [7, 11) is 1.90. The minimum Gasteiger partial charge on any atom is -0.334 e. The summed E-state index contributed by atoms with van der Waals surface area (Å²) in [6.45, 7) is 6.39. The number of urea groups is 1. The summed E-state index contributed by atoms with van der Waals surface area (Å²) in [5.74, 6) is -0.365. The number of hydrogen-bond donors (Lipinski definition) is 4. The van der Waals surface area contributed by atoms with Gasteiger partial charge in [0.1, 0.15) is 5.82 Å². The molecule has 0 radical (unpaired) electrons. The molecule has 202 valence electrons. The summed E-state index contributed by atoms with van der Waals surface area (Å²) in [6.07, 6.45) is 3.78. The van der Waals surface area contributed by atoms with Crippen LogP contribution in [0.25, 0.3) is 10.9 Å². The standard InChI is InChI=1S/C29H30ClFN6OS/c1-28(2,3)26-15-29(36-35-26,20-5-7-21(30)8-6-20)34-27(38)32-16-19-13-22(31)9-12-25(19)39-23-10-11-24-18(14-23)17-33-37(24)4/h5-15,17,35-36H,16H2,1-4H3,(H2,32,34,38). The van der Waals surface area contributed by atoms with E-state index in [4.69, 9.17) is 11.6 Å². The second-order valence-electron chi connectivity index (χ2n) is 10.5. The average molecular weight is 565 g/mol. The summed E-state index contributed by atoms with van der Waals surface area (Å²) >= 11 is 7.63. The Kier molecular flexibility index (Phi) is 7.33. The van der Waals surface area contributed by atoms with Crippen molar-refractivity contribution >= 4 is 40.3 Å². The molecule has 0 saturated carbocycles. The molecule has 2 amide bonds. The number of halogens is 2. The van der Waals surface area contributed by atoms with E-state index in [9.17, 15) is 9.18 Å². The van der Waals surface area contributed by atoms with Gasteiger partial charge in [-0.25, -0.2) is 14.6 Å². The Hall–Kier alpha value is -3.53. The van der Waals surface area contributed by atoms with Crippen LogP contribution in [-0.4, -0.2) is 15.8 Å². The van der Waals surface area contributed by atoms with E-state index in [0.29, 0.717) is 10.6 Å². The lowest BCUT2D eigenvalue weighted by Crippen LogP contribution is -2.57. The summed E-state index contributed by atoms with van der Waals surface area (Å²) in [5.41, 5.74) is 8.72. The molecule has 0 fully saturated rings. The van der Waals surface area contributed by atoms with Crippen LogP contribution in [0.1, 0.15) is 31.9 Å². The lowest BCUT2D eigenvalue weighted by atomic mass is 9.89. The molecule has 7 nitrogen and oxygen atoms in total. The van der Waals surface area contributed by atoms with Gasteiger partial charge < -0.3 is 16.1 Å². The van der Waals surface area contributed by atoms with E-state index in [2.05, 4.69) is 47.4 Å². The van der Waals surface area contributed by atoms with Crippen molar-refractivity contribution in [2.75, 3.05) is 0 Å². The SMILES string of the molecule is Cn1ncc2cc(Sc3ccc(F)cc3CNC(=O)NC3(c4ccc(Cl)cc4)C=C(C(C)(C)C)NN3)ccc21. The molecule has 39 heavy (non-hydrogen) atoms. The van der Waals surface area contributed by atoms with E-state index in [0.717, 1.165) is 32.0 Å². The normalized spacial score (nSPS) is 17.1. The smallest absolute Gasteiger partial charge is 0.317 e. The predicted molar refractivity (Wildman–Crippen MR) is 154 cm³/mol. The van der Waals surface area contributed by atoms with Crippen molar-refractivity contribution in [1.82, 2.24) is 31.3 Å². The zero-order valence-corrected chi connectivity index (χ0v) is 23.7. The Morgan fingerprint density at radius 2 is 1.90 bits per heavy atom. The highest BCUT2D eigenvalue weighted by Crippen LogP contribution is 2.34. The predicted octanol–water partition coefficient (Wildman–Crippen LogP) is 6.21. The van der Waals surface area contributed by atoms with Gasteiger partial charge in [-0.05, 0) is 65.7 Å². The van der Waals surface area contributed by atoms with Crippen LogP contribution in [0.5, 0.6) is 0 Å². The molecule has 0 saturated heterocycles. The molecule has 4 aromatic rings. The fraction of sp³-hybridized carbons (Fsp3) is 0.241. The monoisotopic (exact) mass is 564 g/mol. The Labute approximate surface area is 236 Å². The molecule has 3 aromatic carbocycles. The van der Waals surface area contributed by atoms with Crippen molar-refractivity contribution in [1.29, 1.82) is 0 Å². The summed E-state index contributed by atoms with van der Waals surface area (Å²) in [6, 6.07) is 17.6. The number of benzene rings is 3. The van der Waals surface area contributed by atoms with Crippen molar-refractivity contribution in [3.05, 3.63) is 101 Å². The van der Waals surface area contributed by atoms with Gasteiger partial charge in [0.2, 0.25) is 0 Å².